The van der Waals surface area contributed by atoms with Gasteiger partial charge in [-0.25, -0.2) is 8.42 Å². The van der Waals surface area contributed by atoms with Gasteiger partial charge in [-0.2, -0.15) is 0 Å². The standard InChI is InChI=1S/C23H28N2O2S/c1-16-14-17(2)23-20(11-12-24-23)21(16)15-25-13-5-4-6-22(25)18-7-9-19(10-8-18)28(3,26)27/h7-12,14,22,24H,4-6,13,15H2,1-3H3. The highest BCUT2D eigenvalue weighted by Crippen LogP contribution is 2.35. The summed E-state index contributed by atoms with van der Waals surface area (Å²) in [5.41, 5.74) is 6.45. The van der Waals surface area contributed by atoms with Crippen LogP contribution in [0.5, 0.6) is 0 Å². The van der Waals surface area contributed by atoms with Crippen molar-refractivity contribution in [1.29, 1.82) is 0 Å². The summed E-state index contributed by atoms with van der Waals surface area (Å²) in [6.07, 6.45) is 6.81. The van der Waals surface area contributed by atoms with E-state index in [1.807, 2.05) is 18.3 Å². The van der Waals surface area contributed by atoms with E-state index in [1.54, 1.807) is 12.1 Å². The van der Waals surface area contributed by atoms with E-state index in [-0.39, 0.29) is 0 Å². The fraction of sp³-hybridized carbons (Fsp3) is 0.391. The number of likely N-dealkylation sites (tertiary alicyclic amines) is 1. The van der Waals surface area contributed by atoms with Crippen LogP contribution in [0.15, 0.2) is 47.5 Å². The Bertz CT molecular complexity index is 1100. The fourth-order valence-electron chi connectivity index (χ4n) is 4.55. The van der Waals surface area contributed by atoms with Crippen molar-refractivity contribution in [2.24, 2.45) is 0 Å². The maximum Gasteiger partial charge on any atom is 0.175 e. The van der Waals surface area contributed by atoms with Crippen LogP contribution in [0.25, 0.3) is 10.9 Å². The largest absolute Gasteiger partial charge is 0.361 e. The normalized spacial score (nSPS) is 18.6. The summed E-state index contributed by atoms with van der Waals surface area (Å²) in [5.74, 6) is 0. The Kier molecular flexibility index (Phi) is 5.06. The van der Waals surface area contributed by atoms with Crippen molar-refractivity contribution in [3.05, 3.63) is 64.8 Å². The molecule has 4 nitrogen and oxygen atoms in total. The van der Waals surface area contributed by atoms with E-state index < -0.39 is 9.84 Å². The molecule has 0 radical (unpaired) electrons. The number of hydrogen-bond donors (Lipinski definition) is 1. The molecule has 4 rings (SSSR count). The van der Waals surface area contributed by atoms with Crippen molar-refractivity contribution in [2.75, 3.05) is 12.8 Å². The predicted octanol–water partition coefficient (Wildman–Crippen LogP) is 4.92. The van der Waals surface area contributed by atoms with Gasteiger partial charge >= 0.3 is 0 Å². The van der Waals surface area contributed by atoms with Crippen molar-refractivity contribution < 1.29 is 8.42 Å². The lowest BCUT2D eigenvalue weighted by molar-refractivity contribution is 0.140. The lowest BCUT2D eigenvalue weighted by Gasteiger charge is -2.36. The van der Waals surface area contributed by atoms with E-state index in [1.165, 1.54) is 52.3 Å². The molecule has 1 saturated heterocycles. The van der Waals surface area contributed by atoms with Crippen LogP contribution < -0.4 is 0 Å². The Labute approximate surface area is 167 Å². The van der Waals surface area contributed by atoms with Crippen LogP contribution in [0.3, 0.4) is 0 Å². The molecule has 0 saturated carbocycles. The number of aromatic nitrogens is 1. The topological polar surface area (TPSA) is 53.2 Å². The second kappa shape index (κ2) is 7.37. The van der Waals surface area contributed by atoms with Gasteiger partial charge in [0, 0.05) is 35.9 Å². The number of fused-ring (bicyclic) bond motifs is 1. The molecular weight excluding hydrogens is 368 g/mol. The number of hydrogen-bond acceptors (Lipinski definition) is 3. The van der Waals surface area contributed by atoms with Gasteiger partial charge in [0.25, 0.3) is 0 Å². The number of rotatable bonds is 4. The summed E-state index contributed by atoms with van der Waals surface area (Å²) in [5, 5.41) is 1.31. The first-order valence-corrected chi connectivity index (χ1v) is 11.8. The summed E-state index contributed by atoms with van der Waals surface area (Å²) < 4.78 is 23.6. The first kappa shape index (κ1) is 19.2. The number of H-pyrrole nitrogens is 1. The third-order valence-electron chi connectivity index (χ3n) is 6.04. The molecule has 28 heavy (non-hydrogen) atoms. The molecule has 148 valence electrons. The molecule has 5 heteroatoms. The van der Waals surface area contributed by atoms with Gasteiger partial charge in [0.2, 0.25) is 0 Å². The number of nitrogens with one attached hydrogen (secondary N) is 1. The van der Waals surface area contributed by atoms with Crippen LogP contribution in [0.4, 0.5) is 0 Å². The minimum Gasteiger partial charge on any atom is -0.361 e. The predicted molar refractivity (Wildman–Crippen MR) is 114 cm³/mol. The number of benzene rings is 2. The molecule has 3 aromatic rings. The van der Waals surface area contributed by atoms with E-state index in [2.05, 4.69) is 35.9 Å². The number of piperidine rings is 1. The zero-order chi connectivity index (χ0) is 19.9. The second-order valence-corrected chi connectivity index (χ2v) is 10.1. The number of aromatic amines is 1. The molecule has 0 aliphatic carbocycles. The van der Waals surface area contributed by atoms with Gasteiger partial charge in [-0.1, -0.05) is 24.6 Å². The molecular formula is C23H28N2O2S. The van der Waals surface area contributed by atoms with Crippen LogP contribution >= 0.6 is 0 Å². The highest BCUT2D eigenvalue weighted by atomic mass is 32.2. The van der Waals surface area contributed by atoms with Gasteiger partial charge in [-0.3, -0.25) is 4.90 Å². The Morgan fingerprint density at radius 2 is 1.82 bits per heavy atom. The third-order valence-corrected chi connectivity index (χ3v) is 7.17. The van der Waals surface area contributed by atoms with E-state index in [0.29, 0.717) is 10.9 Å². The molecule has 2 aromatic carbocycles. The summed E-state index contributed by atoms with van der Waals surface area (Å²) in [4.78, 5) is 6.33. The van der Waals surface area contributed by atoms with Crippen LogP contribution in [0, 0.1) is 13.8 Å². The third kappa shape index (κ3) is 3.61. The summed E-state index contributed by atoms with van der Waals surface area (Å²) in [6, 6.07) is 12.3. The second-order valence-electron chi connectivity index (χ2n) is 8.08. The molecule has 1 aliphatic heterocycles. The Morgan fingerprint density at radius 1 is 1.07 bits per heavy atom. The molecule has 0 spiro atoms. The van der Waals surface area contributed by atoms with E-state index >= 15 is 0 Å². The monoisotopic (exact) mass is 396 g/mol. The molecule has 0 bridgehead atoms. The van der Waals surface area contributed by atoms with Gasteiger partial charge in [-0.15, -0.1) is 0 Å². The zero-order valence-corrected chi connectivity index (χ0v) is 17.6. The van der Waals surface area contributed by atoms with Crippen LogP contribution in [0.1, 0.15) is 47.6 Å². The number of sulfone groups is 1. The zero-order valence-electron chi connectivity index (χ0n) is 16.8. The molecule has 1 unspecified atom stereocenters. The summed E-state index contributed by atoms with van der Waals surface area (Å²) >= 11 is 0. The van der Waals surface area contributed by atoms with Crippen LogP contribution in [-0.2, 0) is 16.4 Å². The first-order valence-electron chi connectivity index (χ1n) is 9.95. The average Bonchev–Trinajstić information content (AvgIpc) is 3.15. The molecule has 1 atom stereocenters. The quantitative estimate of drug-likeness (QED) is 0.681. The van der Waals surface area contributed by atoms with Crippen molar-refractivity contribution in [1.82, 2.24) is 9.88 Å². The molecule has 1 aliphatic rings. The fourth-order valence-corrected chi connectivity index (χ4v) is 5.18. The Hall–Kier alpha value is -2.11. The van der Waals surface area contributed by atoms with Gasteiger partial charge < -0.3 is 4.98 Å². The lowest BCUT2D eigenvalue weighted by atomic mass is 9.93. The summed E-state index contributed by atoms with van der Waals surface area (Å²) in [6.45, 7) is 6.34. The van der Waals surface area contributed by atoms with E-state index in [4.69, 9.17) is 0 Å². The summed E-state index contributed by atoms with van der Waals surface area (Å²) in [7, 11) is -3.16. The SMILES string of the molecule is Cc1cc(C)c2[nH]ccc2c1CN1CCCCC1c1ccc(S(C)(=O)=O)cc1. The lowest BCUT2D eigenvalue weighted by Crippen LogP contribution is -2.33. The van der Waals surface area contributed by atoms with Gasteiger partial charge in [0.05, 0.1) is 4.90 Å². The number of nitrogens with zero attached hydrogens (tertiary/aromatic N) is 1. The van der Waals surface area contributed by atoms with Gasteiger partial charge in [-0.05, 0) is 73.7 Å². The van der Waals surface area contributed by atoms with Crippen molar-refractivity contribution >= 4 is 20.7 Å². The van der Waals surface area contributed by atoms with Crippen molar-refractivity contribution in [3.8, 4) is 0 Å². The average molecular weight is 397 g/mol. The Morgan fingerprint density at radius 3 is 2.54 bits per heavy atom. The highest BCUT2D eigenvalue weighted by Gasteiger charge is 2.25. The Balaban J connectivity index is 1.66. The molecule has 1 N–H and O–H groups in total. The maximum atomic E-state index is 11.8. The molecule has 2 heterocycles. The smallest absolute Gasteiger partial charge is 0.175 e. The van der Waals surface area contributed by atoms with Crippen LogP contribution in [-0.4, -0.2) is 31.1 Å². The molecule has 1 aromatic heterocycles. The van der Waals surface area contributed by atoms with Crippen LogP contribution in [0.2, 0.25) is 0 Å². The highest BCUT2D eigenvalue weighted by molar-refractivity contribution is 7.90. The van der Waals surface area contributed by atoms with Crippen molar-refractivity contribution in [2.45, 2.75) is 50.6 Å². The van der Waals surface area contributed by atoms with Crippen molar-refractivity contribution in [3.63, 3.8) is 0 Å². The minimum absolute atomic E-state index is 0.331. The first-order chi connectivity index (χ1) is 13.3. The number of aryl methyl sites for hydroxylation is 2. The van der Waals surface area contributed by atoms with Gasteiger partial charge in [0.1, 0.15) is 0 Å². The molecule has 0 amide bonds. The van der Waals surface area contributed by atoms with Gasteiger partial charge in [0.15, 0.2) is 9.84 Å². The van der Waals surface area contributed by atoms with E-state index in [9.17, 15) is 8.42 Å². The molecule has 1 fully saturated rings. The maximum absolute atomic E-state index is 11.8. The minimum atomic E-state index is -3.16. The van der Waals surface area contributed by atoms with E-state index in [0.717, 1.165) is 19.5 Å².